The van der Waals surface area contributed by atoms with E-state index < -0.39 is 0 Å². The Kier molecular flexibility index (Phi) is 5.71. The maximum atomic E-state index is 8.90. The van der Waals surface area contributed by atoms with E-state index in [-0.39, 0.29) is 6.61 Å². The van der Waals surface area contributed by atoms with Gasteiger partial charge in [0, 0.05) is 42.9 Å². The third-order valence-corrected chi connectivity index (χ3v) is 3.79. The van der Waals surface area contributed by atoms with Crippen LogP contribution in [0.1, 0.15) is 17.5 Å². The average Bonchev–Trinajstić information content (AvgIpc) is 3.03. The van der Waals surface area contributed by atoms with E-state index in [0.717, 1.165) is 42.9 Å². The van der Waals surface area contributed by atoms with E-state index in [1.807, 2.05) is 41.2 Å². The molecule has 0 bridgehead atoms. The predicted molar refractivity (Wildman–Crippen MR) is 94.4 cm³/mol. The van der Waals surface area contributed by atoms with Crippen molar-refractivity contribution in [3.8, 4) is 11.3 Å². The molecule has 1 aromatic carbocycles. The zero-order valence-electron chi connectivity index (χ0n) is 13.6. The molecule has 0 aliphatic carbocycles. The topological polar surface area (TPSA) is 63.0 Å². The van der Waals surface area contributed by atoms with Gasteiger partial charge in [0.1, 0.15) is 0 Å². The minimum atomic E-state index is 0.204. The van der Waals surface area contributed by atoms with Gasteiger partial charge in [-0.15, -0.1) is 0 Å². The second-order valence-electron chi connectivity index (χ2n) is 5.68. The lowest BCUT2D eigenvalue weighted by Gasteiger charge is -2.03. The summed E-state index contributed by atoms with van der Waals surface area (Å²) in [5.74, 6) is 0. The number of aliphatic hydroxyl groups is 1. The van der Waals surface area contributed by atoms with Crippen LogP contribution in [0.2, 0.25) is 0 Å². The van der Waals surface area contributed by atoms with Crippen LogP contribution in [0, 0.1) is 0 Å². The molecule has 0 radical (unpaired) electrons. The fraction of sp³-hybridized carbons (Fsp3) is 0.263. The van der Waals surface area contributed by atoms with Crippen molar-refractivity contribution >= 4 is 0 Å². The van der Waals surface area contributed by atoms with Crippen molar-refractivity contribution in [3.63, 3.8) is 0 Å². The normalized spacial score (nSPS) is 10.9. The Morgan fingerprint density at radius 2 is 1.96 bits per heavy atom. The van der Waals surface area contributed by atoms with Gasteiger partial charge < -0.3 is 10.4 Å². The summed E-state index contributed by atoms with van der Waals surface area (Å²) in [6.07, 6.45) is 6.44. The molecule has 24 heavy (non-hydrogen) atoms. The molecule has 3 rings (SSSR count). The summed E-state index contributed by atoms with van der Waals surface area (Å²) in [5, 5.41) is 17.0. The van der Waals surface area contributed by atoms with Crippen LogP contribution in [0.4, 0.5) is 0 Å². The van der Waals surface area contributed by atoms with Crippen molar-refractivity contribution in [3.05, 3.63) is 72.2 Å². The maximum Gasteiger partial charge on any atom is 0.0983 e. The molecule has 0 saturated carbocycles. The Hall–Kier alpha value is -2.50. The van der Waals surface area contributed by atoms with Gasteiger partial charge in [0.15, 0.2) is 0 Å². The van der Waals surface area contributed by atoms with E-state index in [9.17, 15) is 0 Å². The van der Waals surface area contributed by atoms with Crippen LogP contribution in [-0.2, 0) is 13.1 Å². The maximum absolute atomic E-state index is 8.90. The van der Waals surface area contributed by atoms with Gasteiger partial charge >= 0.3 is 0 Å². The molecule has 0 fully saturated rings. The number of benzene rings is 1. The summed E-state index contributed by atoms with van der Waals surface area (Å²) in [6.45, 7) is 2.45. The number of nitrogens with zero attached hydrogens (tertiary/aromatic N) is 3. The van der Waals surface area contributed by atoms with Crippen LogP contribution < -0.4 is 5.32 Å². The summed E-state index contributed by atoms with van der Waals surface area (Å²) in [4.78, 5) is 4.20. The standard InChI is InChI=1S/C19H22N4O/c24-11-5-10-21-13-18-15-23(14-16-6-2-1-3-7-16)22-19(18)17-8-4-9-20-12-17/h1-4,6-9,12,15,21,24H,5,10-11,13-14H2. The lowest BCUT2D eigenvalue weighted by molar-refractivity contribution is 0.286. The monoisotopic (exact) mass is 322 g/mol. The first kappa shape index (κ1) is 16.4. The highest BCUT2D eigenvalue weighted by Crippen LogP contribution is 2.21. The second kappa shape index (κ2) is 8.38. The number of hydrogen-bond donors (Lipinski definition) is 2. The zero-order chi connectivity index (χ0) is 16.6. The summed E-state index contributed by atoms with van der Waals surface area (Å²) >= 11 is 0. The van der Waals surface area contributed by atoms with Crippen molar-refractivity contribution in [2.24, 2.45) is 0 Å². The van der Waals surface area contributed by atoms with Crippen molar-refractivity contribution < 1.29 is 5.11 Å². The minimum Gasteiger partial charge on any atom is -0.396 e. The molecule has 2 heterocycles. The fourth-order valence-electron chi connectivity index (χ4n) is 2.62. The first-order valence-electron chi connectivity index (χ1n) is 8.19. The molecule has 0 unspecified atom stereocenters. The van der Waals surface area contributed by atoms with Crippen LogP contribution in [0.3, 0.4) is 0 Å². The molecule has 0 aliphatic rings. The fourth-order valence-corrected chi connectivity index (χ4v) is 2.62. The molecule has 5 nitrogen and oxygen atoms in total. The number of nitrogens with one attached hydrogen (secondary N) is 1. The Morgan fingerprint density at radius 3 is 2.71 bits per heavy atom. The van der Waals surface area contributed by atoms with Gasteiger partial charge in [-0.1, -0.05) is 30.3 Å². The van der Waals surface area contributed by atoms with E-state index in [2.05, 4.69) is 28.6 Å². The molecule has 124 valence electrons. The number of hydrogen-bond acceptors (Lipinski definition) is 4. The van der Waals surface area contributed by atoms with Gasteiger partial charge in [-0.05, 0) is 30.7 Å². The average molecular weight is 322 g/mol. The van der Waals surface area contributed by atoms with Gasteiger partial charge in [0.05, 0.1) is 12.2 Å². The smallest absolute Gasteiger partial charge is 0.0983 e. The van der Waals surface area contributed by atoms with Gasteiger partial charge in [-0.25, -0.2) is 0 Å². The summed E-state index contributed by atoms with van der Waals surface area (Å²) in [5.41, 5.74) is 4.33. The van der Waals surface area contributed by atoms with E-state index in [1.54, 1.807) is 6.20 Å². The third kappa shape index (κ3) is 4.28. The second-order valence-corrected chi connectivity index (χ2v) is 5.68. The number of pyridine rings is 1. The van der Waals surface area contributed by atoms with E-state index in [1.165, 1.54) is 5.56 Å². The molecule has 0 spiro atoms. The highest BCUT2D eigenvalue weighted by molar-refractivity contribution is 5.61. The third-order valence-electron chi connectivity index (χ3n) is 3.79. The first-order valence-corrected chi connectivity index (χ1v) is 8.19. The quantitative estimate of drug-likeness (QED) is 0.625. The van der Waals surface area contributed by atoms with Gasteiger partial charge in [-0.2, -0.15) is 5.10 Å². The van der Waals surface area contributed by atoms with E-state index >= 15 is 0 Å². The van der Waals surface area contributed by atoms with Crippen LogP contribution in [0.5, 0.6) is 0 Å². The van der Waals surface area contributed by atoms with Crippen molar-refractivity contribution in [1.29, 1.82) is 0 Å². The van der Waals surface area contributed by atoms with Crippen LogP contribution in [0.25, 0.3) is 11.3 Å². The largest absolute Gasteiger partial charge is 0.396 e. The van der Waals surface area contributed by atoms with Crippen molar-refractivity contribution in [1.82, 2.24) is 20.1 Å². The van der Waals surface area contributed by atoms with E-state index in [0.29, 0.717) is 0 Å². The lowest BCUT2D eigenvalue weighted by Crippen LogP contribution is -2.15. The number of aromatic nitrogens is 3. The zero-order valence-corrected chi connectivity index (χ0v) is 13.6. The number of rotatable bonds is 8. The molecule has 3 aromatic rings. The van der Waals surface area contributed by atoms with Gasteiger partial charge in [0.2, 0.25) is 0 Å². The molecule has 2 aromatic heterocycles. The molecule has 0 amide bonds. The number of aliphatic hydroxyl groups excluding tert-OH is 1. The molecule has 2 N–H and O–H groups in total. The highest BCUT2D eigenvalue weighted by atomic mass is 16.3. The van der Waals surface area contributed by atoms with Crippen molar-refractivity contribution in [2.75, 3.05) is 13.2 Å². The Balaban J connectivity index is 1.82. The van der Waals surface area contributed by atoms with Crippen LogP contribution in [0.15, 0.2) is 61.1 Å². The first-order chi connectivity index (χ1) is 11.9. The molecular weight excluding hydrogens is 300 g/mol. The summed E-state index contributed by atoms with van der Waals surface area (Å²) in [6, 6.07) is 14.3. The predicted octanol–water partition coefficient (Wildman–Crippen LogP) is 2.47. The van der Waals surface area contributed by atoms with Gasteiger partial charge in [0.25, 0.3) is 0 Å². The summed E-state index contributed by atoms with van der Waals surface area (Å²) in [7, 11) is 0. The molecule has 0 atom stereocenters. The van der Waals surface area contributed by atoms with E-state index in [4.69, 9.17) is 10.2 Å². The van der Waals surface area contributed by atoms with Crippen LogP contribution >= 0.6 is 0 Å². The van der Waals surface area contributed by atoms with Crippen molar-refractivity contribution in [2.45, 2.75) is 19.5 Å². The SMILES string of the molecule is OCCCNCc1cn(Cc2ccccc2)nc1-c1cccnc1. The van der Waals surface area contributed by atoms with Crippen LogP contribution in [-0.4, -0.2) is 33.0 Å². The van der Waals surface area contributed by atoms with Gasteiger partial charge in [-0.3, -0.25) is 9.67 Å². The molecule has 0 saturated heterocycles. The molecule has 0 aliphatic heterocycles. The lowest BCUT2D eigenvalue weighted by atomic mass is 10.1. The Morgan fingerprint density at radius 1 is 1.08 bits per heavy atom. The minimum absolute atomic E-state index is 0.204. The molecule has 5 heteroatoms. The molecular formula is C19H22N4O. The Bertz CT molecular complexity index is 741. The Labute approximate surface area is 142 Å². The highest BCUT2D eigenvalue weighted by Gasteiger charge is 2.11. The summed E-state index contributed by atoms with van der Waals surface area (Å²) < 4.78 is 1.97.